The molecule has 0 bridgehead atoms. The zero-order valence-corrected chi connectivity index (χ0v) is 22.4. The summed E-state index contributed by atoms with van der Waals surface area (Å²) in [7, 11) is 0. The summed E-state index contributed by atoms with van der Waals surface area (Å²) in [6.07, 6.45) is 8.13. The van der Waals surface area contributed by atoms with Gasteiger partial charge in [0.15, 0.2) is 0 Å². The molecule has 0 aromatic heterocycles. The first-order valence-corrected chi connectivity index (χ1v) is 13.3. The van der Waals surface area contributed by atoms with Crippen LogP contribution in [-0.2, 0) is 14.9 Å². The first kappa shape index (κ1) is 25.1. The van der Waals surface area contributed by atoms with Crippen LogP contribution < -0.4 is 9.47 Å². The normalized spacial score (nSPS) is 21.5. The van der Waals surface area contributed by atoms with E-state index in [1.807, 2.05) is 0 Å². The van der Waals surface area contributed by atoms with Gasteiger partial charge in [0.2, 0.25) is 0 Å². The fourth-order valence-corrected chi connectivity index (χ4v) is 5.45. The van der Waals surface area contributed by atoms with Crippen molar-refractivity contribution in [1.29, 1.82) is 0 Å². The van der Waals surface area contributed by atoms with Gasteiger partial charge < -0.3 is 18.9 Å². The molecule has 0 radical (unpaired) electrons. The average Bonchev–Trinajstić information content (AvgIpc) is 3.75. The minimum Gasteiger partial charge on any atom is -0.491 e. The van der Waals surface area contributed by atoms with Gasteiger partial charge in [-0.2, -0.15) is 0 Å². The average molecular weight is 489 g/mol. The molecule has 2 aliphatic heterocycles. The fourth-order valence-electron chi connectivity index (χ4n) is 5.45. The Balaban J connectivity index is 1.34. The molecule has 2 aromatic carbocycles. The molecule has 0 spiro atoms. The van der Waals surface area contributed by atoms with E-state index in [9.17, 15) is 0 Å². The van der Waals surface area contributed by atoms with Crippen molar-refractivity contribution in [2.45, 2.75) is 71.5 Å². The van der Waals surface area contributed by atoms with Gasteiger partial charge in [0.05, 0.1) is 13.2 Å². The largest absolute Gasteiger partial charge is 0.491 e. The Morgan fingerprint density at radius 1 is 0.778 bits per heavy atom. The molecule has 2 unspecified atom stereocenters. The molecular weight excluding hydrogens is 448 g/mol. The van der Waals surface area contributed by atoms with Gasteiger partial charge in [-0.25, -0.2) is 0 Å². The molecule has 4 nitrogen and oxygen atoms in total. The maximum Gasteiger partial charge on any atom is 0.130 e. The standard InChI is InChI=1S/C32H40O4/c1-31(2,3)21-32(4,5)29-8-6-7-28(30(29)36-20-27-19-35-27)24-11-9-22(10-12-24)23-13-15-25(16-14-23)33-17-26-18-34-26/h6-9,12-16,26-27H,10-11,17-21H2,1-5H3. The van der Waals surface area contributed by atoms with E-state index in [0.29, 0.717) is 13.2 Å². The van der Waals surface area contributed by atoms with E-state index in [0.717, 1.165) is 44.0 Å². The smallest absolute Gasteiger partial charge is 0.130 e. The molecule has 5 rings (SSSR count). The van der Waals surface area contributed by atoms with Crippen LogP contribution >= 0.6 is 0 Å². The number of ether oxygens (including phenoxy) is 4. The van der Waals surface area contributed by atoms with Crippen LogP contribution in [0.4, 0.5) is 0 Å². The van der Waals surface area contributed by atoms with Crippen molar-refractivity contribution < 1.29 is 18.9 Å². The summed E-state index contributed by atoms with van der Waals surface area (Å²) < 4.78 is 23.0. The first-order chi connectivity index (χ1) is 17.2. The Morgan fingerprint density at radius 3 is 1.97 bits per heavy atom. The predicted molar refractivity (Wildman–Crippen MR) is 146 cm³/mol. The van der Waals surface area contributed by atoms with Crippen molar-refractivity contribution in [3.8, 4) is 11.5 Å². The van der Waals surface area contributed by atoms with E-state index in [1.165, 1.54) is 27.8 Å². The zero-order valence-electron chi connectivity index (χ0n) is 22.4. The van der Waals surface area contributed by atoms with Gasteiger partial charge in [-0.3, -0.25) is 0 Å². The van der Waals surface area contributed by atoms with Crippen LogP contribution in [0.1, 0.15) is 70.6 Å². The van der Waals surface area contributed by atoms with Gasteiger partial charge in [0.25, 0.3) is 0 Å². The summed E-state index contributed by atoms with van der Waals surface area (Å²) >= 11 is 0. The second-order valence-corrected chi connectivity index (χ2v) is 12.2. The van der Waals surface area contributed by atoms with Crippen LogP contribution in [0.2, 0.25) is 0 Å². The molecule has 1 aliphatic carbocycles. The second-order valence-electron chi connectivity index (χ2n) is 12.2. The molecule has 2 fully saturated rings. The van der Waals surface area contributed by atoms with E-state index in [2.05, 4.69) is 89.2 Å². The van der Waals surface area contributed by atoms with Crippen LogP contribution in [-0.4, -0.2) is 38.6 Å². The molecule has 0 amide bonds. The summed E-state index contributed by atoms with van der Waals surface area (Å²) in [5, 5.41) is 0. The highest BCUT2D eigenvalue weighted by Crippen LogP contribution is 2.45. The van der Waals surface area contributed by atoms with Gasteiger partial charge in [0.1, 0.15) is 36.9 Å². The van der Waals surface area contributed by atoms with Crippen molar-refractivity contribution >= 4 is 11.1 Å². The molecule has 0 saturated carbocycles. The van der Waals surface area contributed by atoms with E-state index < -0.39 is 0 Å². The second kappa shape index (κ2) is 10.1. The summed E-state index contributed by atoms with van der Waals surface area (Å²) in [5.41, 5.74) is 6.68. The lowest BCUT2D eigenvalue weighted by molar-refractivity contribution is 0.244. The Bertz CT molecular complexity index is 1130. The molecule has 2 aromatic rings. The molecule has 2 heterocycles. The van der Waals surface area contributed by atoms with Crippen LogP contribution in [0.15, 0.2) is 54.6 Å². The van der Waals surface area contributed by atoms with Crippen LogP contribution in [0, 0.1) is 5.41 Å². The number of allylic oxidation sites excluding steroid dienone is 4. The van der Waals surface area contributed by atoms with E-state index in [4.69, 9.17) is 18.9 Å². The third-order valence-electron chi connectivity index (χ3n) is 7.08. The van der Waals surface area contributed by atoms with E-state index in [1.54, 1.807) is 0 Å². The number of benzene rings is 2. The minimum atomic E-state index is -0.000321. The number of hydrogen-bond acceptors (Lipinski definition) is 4. The number of hydrogen-bond donors (Lipinski definition) is 0. The van der Waals surface area contributed by atoms with Crippen LogP contribution in [0.5, 0.6) is 11.5 Å². The highest BCUT2D eigenvalue weighted by atomic mass is 16.6. The lowest BCUT2D eigenvalue weighted by Gasteiger charge is -2.35. The van der Waals surface area contributed by atoms with Gasteiger partial charge in [0, 0.05) is 11.1 Å². The van der Waals surface area contributed by atoms with Crippen molar-refractivity contribution in [3.63, 3.8) is 0 Å². The lowest BCUT2D eigenvalue weighted by atomic mass is 9.71. The quantitative estimate of drug-likeness (QED) is 0.331. The minimum absolute atomic E-state index is 0.000321. The molecule has 2 atom stereocenters. The Labute approximate surface area is 216 Å². The van der Waals surface area contributed by atoms with Crippen molar-refractivity contribution in [1.82, 2.24) is 0 Å². The fraction of sp³-hybridized carbons (Fsp3) is 0.500. The Morgan fingerprint density at radius 2 is 1.39 bits per heavy atom. The van der Waals surface area contributed by atoms with Gasteiger partial charge in [-0.1, -0.05) is 77.1 Å². The molecule has 4 heteroatoms. The molecule has 192 valence electrons. The summed E-state index contributed by atoms with van der Waals surface area (Å²) in [6, 6.07) is 15.1. The van der Waals surface area contributed by atoms with E-state index >= 15 is 0 Å². The van der Waals surface area contributed by atoms with Crippen LogP contribution in [0.3, 0.4) is 0 Å². The lowest BCUT2D eigenvalue weighted by Crippen LogP contribution is -2.26. The monoisotopic (exact) mass is 488 g/mol. The van der Waals surface area contributed by atoms with Crippen molar-refractivity contribution in [2.24, 2.45) is 5.41 Å². The SMILES string of the molecule is CC(C)(C)CC(C)(C)c1cccc(C2=CCC(c3ccc(OCC4CO4)cc3)=CC2)c1OCC1CO1. The molecular formula is C32H40O4. The Kier molecular flexibility index (Phi) is 7.02. The van der Waals surface area contributed by atoms with Crippen molar-refractivity contribution in [2.75, 3.05) is 26.4 Å². The molecule has 2 saturated heterocycles. The first-order valence-electron chi connectivity index (χ1n) is 13.3. The zero-order chi connectivity index (χ0) is 25.3. The summed E-state index contributed by atoms with van der Waals surface area (Å²) in [4.78, 5) is 0. The Hall–Kier alpha value is -2.56. The highest BCUT2D eigenvalue weighted by molar-refractivity contribution is 5.80. The molecule has 3 aliphatic rings. The molecule has 36 heavy (non-hydrogen) atoms. The van der Waals surface area contributed by atoms with Gasteiger partial charge in [-0.05, 0) is 58.9 Å². The topological polar surface area (TPSA) is 43.5 Å². The van der Waals surface area contributed by atoms with Gasteiger partial charge in [-0.15, -0.1) is 0 Å². The number of epoxide rings is 2. The van der Waals surface area contributed by atoms with Crippen LogP contribution in [0.25, 0.3) is 11.1 Å². The maximum absolute atomic E-state index is 6.51. The predicted octanol–water partition coefficient (Wildman–Crippen LogP) is 7.22. The number of para-hydroxylation sites is 1. The van der Waals surface area contributed by atoms with Crippen molar-refractivity contribution in [3.05, 3.63) is 71.3 Å². The van der Waals surface area contributed by atoms with Gasteiger partial charge >= 0.3 is 0 Å². The third-order valence-corrected chi connectivity index (χ3v) is 7.08. The van der Waals surface area contributed by atoms with E-state index in [-0.39, 0.29) is 23.0 Å². The third kappa shape index (κ3) is 6.41. The highest BCUT2D eigenvalue weighted by Gasteiger charge is 2.32. The number of rotatable bonds is 10. The summed E-state index contributed by atoms with van der Waals surface area (Å²) in [6.45, 7) is 14.5. The summed E-state index contributed by atoms with van der Waals surface area (Å²) in [5.74, 6) is 1.93. The molecule has 0 N–H and O–H groups in total. The maximum atomic E-state index is 6.51.